The number of nitrogens with zero attached hydrogens (tertiary/aromatic N) is 2. The fourth-order valence-corrected chi connectivity index (χ4v) is 2.92. The van der Waals surface area contributed by atoms with Gasteiger partial charge in [-0.25, -0.2) is 5.43 Å². The molecule has 0 aliphatic heterocycles. The molecule has 6 nitrogen and oxygen atoms in total. The summed E-state index contributed by atoms with van der Waals surface area (Å²) in [6.45, 7) is 6.22. The van der Waals surface area contributed by atoms with E-state index in [1.165, 1.54) is 16.8 Å². The first-order chi connectivity index (χ1) is 12.8. The Labute approximate surface area is 167 Å². The van der Waals surface area contributed by atoms with Crippen LogP contribution in [-0.4, -0.2) is 23.3 Å². The lowest BCUT2D eigenvalue weighted by Gasteiger charge is -2.10. The third-order valence-electron chi connectivity index (χ3n) is 3.63. The molecule has 2 rings (SSSR count). The van der Waals surface area contributed by atoms with Crippen molar-refractivity contribution in [3.8, 4) is 5.75 Å². The molecule has 8 heteroatoms. The normalized spacial score (nSPS) is 11.2. The van der Waals surface area contributed by atoms with E-state index >= 15 is 0 Å². The van der Waals surface area contributed by atoms with Gasteiger partial charge in [-0.1, -0.05) is 30.1 Å². The topological polar surface area (TPSA) is 72.7 Å². The summed E-state index contributed by atoms with van der Waals surface area (Å²) in [4.78, 5) is 24.5. The first-order valence-corrected chi connectivity index (χ1v) is 9.27. The number of amides is 1. The van der Waals surface area contributed by atoms with Crippen LogP contribution in [0.2, 0.25) is 10.0 Å². The van der Waals surface area contributed by atoms with Crippen molar-refractivity contribution in [2.45, 2.75) is 33.2 Å². The summed E-state index contributed by atoms with van der Waals surface area (Å²) in [5, 5.41) is 4.58. The molecule has 0 bridgehead atoms. The maximum absolute atomic E-state index is 12.3. The molecule has 1 heterocycles. The zero-order valence-electron chi connectivity index (χ0n) is 15.3. The molecule has 1 aromatic heterocycles. The van der Waals surface area contributed by atoms with Gasteiger partial charge >= 0.3 is 0 Å². The number of carbonyl (C=O) groups is 1. The number of benzene rings is 1. The van der Waals surface area contributed by atoms with Crippen molar-refractivity contribution in [2.24, 2.45) is 5.10 Å². The number of rotatable bonds is 7. The zero-order valence-corrected chi connectivity index (χ0v) is 16.8. The molecule has 0 aliphatic rings. The summed E-state index contributed by atoms with van der Waals surface area (Å²) in [6, 6.07) is 6.31. The third kappa shape index (κ3) is 5.34. The lowest BCUT2D eigenvalue weighted by molar-refractivity contribution is 0.0953. The van der Waals surface area contributed by atoms with E-state index in [0.717, 1.165) is 6.42 Å². The molecule has 0 spiro atoms. The zero-order chi connectivity index (χ0) is 20.0. The molecule has 0 radical (unpaired) electrons. The molecule has 0 saturated heterocycles. The summed E-state index contributed by atoms with van der Waals surface area (Å²) >= 11 is 12.3. The Morgan fingerprint density at radius 1 is 1.33 bits per heavy atom. The van der Waals surface area contributed by atoms with Crippen molar-refractivity contribution < 1.29 is 9.53 Å². The van der Waals surface area contributed by atoms with Gasteiger partial charge in [-0.3, -0.25) is 9.59 Å². The smallest absolute Gasteiger partial charge is 0.276 e. The van der Waals surface area contributed by atoms with Crippen LogP contribution < -0.4 is 15.7 Å². The van der Waals surface area contributed by atoms with Crippen molar-refractivity contribution in [2.75, 3.05) is 6.61 Å². The minimum absolute atomic E-state index is 0.0164. The van der Waals surface area contributed by atoms with E-state index in [1.54, 1.807) is 24.4 Å². The second kappa shape index (κ2) is 9.58. The van der Waals surface area contributed by atoms with E-state index in [4.69, 9.17) is 27.9 Å². The molecule has 2 aromatic rings. The van der Waals surface area contributed by atoms with Crippen LogP contribution in [0.5, 0.6) is 5.75 Å². The highest BCUT2D eigenvalue weighted by molar-refractivity contribution is 6.37. The number of hydrazone groups is 1. The molecule has 1 N–H and O–H groups in total. The van der Waals surface area contributed by atoms with Crippen LogP contribution in [0.4, 0.5) is 0 Å². The predicted octanol–water partition coefficient (Wildman–Crippen LogP) is 4.29. The molecule has 0 atom stereocenters. The van der Waals surface area contributed by atoms with Crippen LogP contribution in [0.3, 0.4) is 0 Å². The van der Waals surface area contributed by atoms with Crippen molar-refractivity contribution >= 4 is 35.3 Å². The number of carbonyl (C=O) groups excluding carboxylic acids is 1. The molecule has 0 saturated carbocycles. The van der Waals surface area contributed by atoms with E-state index in [2.05, 4.69) is 10.5 Å². The largest absolute Gasteiger partial charge is 0.490 e. The van der Waals surface area contributed by atoms with Gasteiger partial charge < -0.3 is 9.30 Å². The van der Waals surface area contributed by atoms with Crippen molar-refractivity contribution in [1.82, 2.24) is 9.99 Å². The van der Waals surface area contributed by atoms with Crippen molar-refractivity contribution in [3.63, 3.8) is 0 Å². The van der Waals surface area contributed by atoms with Gasteiger partial charge in [0.1, 0.15) is 5.56 Å². The second-order valence-corrected chi connectivity index (χ2v) is 6.90. The third-order valence-corrected chi connectivity index (χ3v) is 4.19. The fraction of sp³-hybridized carbons (Fsp3) is 0.316. The number of ether oxygens (including phenoxy) is 1. The van der Waals surface area contributed by atoms with Crippen LogP contribution in [0.25, 0.3) is 0 Å². The summed E-state index contributed by atoms with van der Waals surface area (Å²) in [7, 11) is 0. The second-order valence-electron chi connectivity index (χ2n) is 6.09. The highest BCUT2D eigenvalue weighted by atomic mass is 35.5. The Morgan fingerprint density at radius 3 is 2.59 bits per heavy atom. The Bertz CT molecular complexity index is 884. The van der Waals surface area contributed by atoms with E-state index < -0.39 is 5.91 Å². The van der Waals surface area contributed by atoms with Crippen LogP contribution in [0, 0.1) is 0 Å². The van der Waals surface area contributed by atoms with Crippen LogP contribution in [0.1, 0.15) is 49.2 Å². The molecule has 0 aliphatic carbocycles. The van der Waals surface area contributed by atoms with Gasteiger partial charge in [0.15, 0.2) is 5.75 Å². The molecule has 1 amide bonds. The van der Waals surface area contributed by atoms with E-state index in [0.29, 0.717) is 28.0 Å². The van der Waals surface area contributed by atoms with E-state index in [-0.39, 0.29) is 17.2 Å². The number of nitrogens with one attached hydrogen (secondary N) is 1. The Hall–Kier alpha value is -2.31. The quantitative estimate of drug-likeness (QED) is 0.547. The SMILES string of the molecule is CCCOc1c(Cl)cc(/C=N\NC(=O)c2cccn(C(C)C)c2=O)cc1Cl. The number of hydrogen-bond acceptors (Lipinski definition) is 4. The summed E-state index contributed by atoms with van der Waals surface area (Å²) < 4.78 is 6.98. The monoisotopic (exact) mass is 409 g/mol. The van der Waals surface area contributed by atoms with Gasteiger partial charge in [-0.05, 0) is 50.1 Å². The molecule has 0 fully saturated rings. The van der Waals surface area contributed by atoms with Crippen molar-refractivity contribution in [3.05, 3.63) is 62.0 Å². The summed E-state index contributed by atoms with van der Waals surface area (Å²) in [6.07, 6.45) is 3.86. The van der Waals surface area contributed by atoms with Gasteiger partial charge in [-0.2, -0.15) is 5.10 Å². The molecule has 1 aromatic carbocycles. The fourth-order valence-electron chi connectivity index (χ4n) is 2.31. The summed E-state index contributed by atoms with van der Waals surface area (Å²) in [5.41, 5.74) is 2.57. The lowest BCUT2D eigenvalue weighted by Crippen LogP contribution is -2.31. The minimum Gasteiger partial charge on any atom is -0.490 e. The first kappa shape index (κ1) is 21.0. The maximum Gasteiger partial charge on any atom is 0.276 e. The number of pyridine rings is 1. The van der Waals surface area contributed by atoms with Gasteiger partial charge in [0.25, 0.3) is 11.5 Å². The molecular formula is C19H21Cl2N3O3. The average Bonchev–Trinajstić information content (AvgIpc) is 2.61. The Balaban J connectivity index is 2.13. The van der Waals surface area contributed by atoms with Gasteiger partial charge in [0, 0.05) is 12.2 Å². The standard InChI is InChI=1S/C19H21Cl2N3O3/c1-4-8-27-17-15(20)9-13(10-16(17)21)11-22-23-18(25)14-6-5-7-24(12(2)3)19(14)26/h5-7,9-12H,4,8H2,1-3H3,(H,23,25)/b22-11-. The minimum atomic E-state index is -0.591. The van der Waals surface area contributed by atoms with Crippen molar-refractivity contribution in [1.29, 1.82) is 0 Å². The number of hydrogen-bond donors (Lipinski definition) is 1. The highest BCUT2D eigenvalue weighted by Crippen LogP contribution is 2.33. The number of halogens is 2. The van der Waals surface area contributed by atoms with Crippen LogP contribution in [-0.2, 0) is 0 Å². The van der Waals surface area contributed by atoms with Crippen LogP contribution in [0.15, 0.2) is 40.4 Å². The van der Waals surface area contributed by atoms with E-state index in [9.17, 15) is 9.59 Å². The molecule has 144 valence electrons. The first-order valence-electron chi connectivity index (χ1n) is 8.51. The van der Waals surface area contributed by atoms with Gasteiger partial charge in [0.2, 0.25) is 0 Å². The van der Waals surface area contributed by atoms with Gasteiger partial charge in [0.05, 0.1) is 22.9 Å². The predicted molar refractivity (Wildman–Crippen MR) is 108 cm³/mol. The van der Waals surface area contributed by atoms with Crippen LogP contribution >= 0.6 is 23.2 Å². The molecule has 0 unspecified atom stereocenters. The maximum atomic E-state index is 12.3. The Kier molecular flexibility index (Phi) is 7.45. The lowest BCUT2D eigenvalue weighted by atomic mass is 10.2. The van der Waals surface area contributed by atoms with Gasteiger partial charge in [-0.15, -0.1) is 0 Å². The number of aromatic nitrogens is 1. The summed E-state index contributed by atoms with van der Waals surface area (Å²) in [5.74, 6) is -0.175. The highest BCUT2D eigenvalue weighted by Gasteiger charge is 2.13. The Morgan fingerprint density at radius 2 is 2.00 bits per heavy atom. The average molecular weight is 410 g/mol. The van der Waals surface area contributed by atoms with E-state index in [1.807, 2.05) is 20.8 Å². The molecule has 27 heavy (non-hydrogen) atoms. The molecular weight excluding hydrogens is 389 g/mol.